The summed E-state index contributed by atoms with van der Waals surface area (Å²) in [6, 6.07) is 0.0787. The normalized spacial score (nSPS) is 13.0. The molecule has 0 fully saturated rings. The zero-order chi connectivity index (χ0) is 9.97. The van der Waals surface area contributed by atoms with Gasteiger partial charge in [-0.3, -0.25) is 0 Å². The van der Waals surface area contributed by atoms with E-state index in [4.69, 9.17) is 0 Å². The first-order valence-electron chi connectivity index (χ1n) is 4.24. The summed E-state index contributed by atoms with van der Waals surface area (Å²) in [4.78, 5) is 5.37. The zero-order valence-electron chi connectivity index (χ0n) is 8.01. The quantitative estimate of drug-likeness (QED) is 0.803. The highest BCUT2D eigenvalue weighted by atomic mass is 32.1. The molecule has 2 aromatic rings. The predicted octanol–water partition coefficient (Wildman–Crippen LogP) is 0.580. The van der Waals surface area contributed by atoms with Crippen LogP contribution in [0.2, 0.25) is 0 Å². The van der Waals surface area contributed by atoms with Crippen LogP contribution < -0.4 is 5.32 Å². The van der Waals surface area contributed by atoms with Gasteiger partial charge in [0.05, 0.1) is 11.1 Å². The second-order valence-corrected chi connectivity index (χ2v) is 3.76. The van der Waals surface area contributed by atoms with Gasteiger partial charge in [-0.25, -0.2) is 4.98 Å². The third kappa shape index (κ3) is 1.53. The van der Waals surface area contributed by atoms with Crippen LogP contribution >= 0.6 is 11.5 Å². The number of rotatable bonds is 3. The number of aryl methyl sites for hydroxylation is 1. The molecular weight excluding hydrogens is 198 g/mol. The maximum Gasteiger partial charge on any atom is 0.131 e. The molecule has 2 aromatic heterocycles. The standard InChI is InChI=1S/C8H11N5S/c1-9-7(6-5-11-12-14-6)8-10-3-4-13(8)2/h3-5,7,9H,1-2H3. The molecule has 0 aliphatic rings. The van der Waals surface area contributed by atoms with Crippen molar-refractivity contribution in [1.29, 1.82) is 0 Å². The fourth-order valence-corrected chi connectivity index (χ4v) is 1.97. The molecule has 1 N–H and O–H groups in total. The van der Waals surface area contributed by atoms with E-state index in [9.17, 15) is 0 Å². The summed E-state index contributed by atoms with van der Waals surface area (Å²) in [7, 11) is 3.88. The molecule has 0 amide bonds. The summed E-state index contributed by atoms with van der Waals surface area (Å²) < 4.78 is 5.83. The Kier molecular flexibility index (Phi) is 2.55. The molecule has 0 bridgehead atoms. The number of hydrogen-bond donors (Lipinski definition) is 1. The lowest BCUT2D eigenvalue weighted by molar-refractivity contribution is 0.625. The van der Waals surface area contributed by atoms with Crippen LogP contribution in [0.15, 0.2) is 18.6 Å². The number of imidazole rings is 1. The number of aromatic nitrogens is 4. The molecule has 0 aromatic carbocycles. The van der Waals surface area contributed by atoms with Gasteiger partial charge in [0.15, 0.2) is 0 Å². The van der Waals surface area contributed by atoms with Gasteiger partial charge in [0.2, 0.25) is 0 Å². The van der Waals surface area contributed by atoms with Crippen molar-refractivity contribution in [3.63, 3.8) is 0 Å². The Hall–Kier alpha value is -1.27. The van der Waals surface area contributed by atoms with Crippen LogP contribution in [-0.4, -0.2) is 26.2 Å². The minimum absolute atomic E-state index is 0.0787. The summed E-state index contributed by atoms with van der Waals surface area (Å²) in [5, 5.41) is 7.02. The molecule has 0 spiro atoms. The van der Waals surface area contributed by atoms with E-state index in [1.165, 1.54) is 11.5 Å². The minimum atomic E-state index is 0.0787. The summed E-state index contributed by atoms with van der Waals surface area (Å²) in [6.45, 7) is 0. The highest BCUT2D eigenvalue weighted by molar-refractivity contribution is 7.05. The van der Waals surface area contributed by atoms with Crippen molar-refractivity contribution in [2.75, 3.05) is 7.05 Å². The highest BCUT2D eigenvalue weighted by Crippen LogP contribution is 2.21. The van der Waals surface area contributed by atoms with Crippen molar-refractivity contribution in [2.45, 2.75) is 6.04 Å². The van der Waals surface area contributed by atoms with Gasteiger partial charge in [-0.15, -0.1) is 5.10 Å². The van der Waals surface area contributed by atoms with Gasteiger partial charge in [0.1, 0.15) is 11.9 Å². The Morgan fingerprint density at radius 1 is 1.57 bits per heavy atom. The second kappa shape index (κ2) is 3.85. The number of nitrogens with zero attached hydrogens (tertiary/aromatic N) is 4. The van der Waals surface area contributed by atoms with E-state index in [0.29, 0.717) is 0 Å². The smallest absolute Gasteiger partial charge is 0.131 e. The van der Waals surface area contributed by atoms with E-state index >= 15 is 0 Å². The summed E-state index contributed by atoms with van der Waals surface area (Å²) in [6.07, 6.45) is 5.47. The maximum absolute atomic E-state index is 4.29. The van der Waals surface area contributed by atoms with Gasteiger partial charge in [-0.2, -0.15) is 0 Å². The molecule has 0 aliphatic heterocycles. The average Bonchev–Trinajstić information content (AvgIpc) is 2.80. The van der Waals surface area contributed by atoms with Crippen molar-refractivity contribution in [3.05, 3.63) is 29.3 Å². The van der Waals surface area contributed by atoms with E-state index in [0.717, 1.165) is 10.7 Å². The minimum Gasteiger partial charge on any atom is -0.336 e. The Morgan fingerprint density at radius 2 is 2.43 bits per heavy atom. The largest absolute Gasteiger partial charge is 0.336 e. The SMILES string of the molecule is CNC(c1cnns1)c1nccn1C. The number of nitrogens with one attached hydrogen (secondary N) is 1. The predicted molar refractivity (Wildman–Crippen MR) is 54.0 cm³/mol. The van der Waals surface area contributed by atoms with Crippen LogP contribution in [0, 0.1) is 0 Å². The van der Waals surface area contributed by atoms with E-state index < -0.39 is 0 Å². The lowest BCUT2D eigenvalue weighted by atomic mass is 10.2. The van der Waals surface area contributed by atoms with E-state index in [1.54, 1.807) is 12.4 Å². The van der Waals surface area contributed by atoms with Crippen LogP contribution in [0.5, 0.6) is 0 Å². The first kappa shape index (κ1) is 9.29. The topological polar surface area (TPSA) is 55.6 Å². The third-order valence-corrected chi connectivity index (χ3v) is 2.80. The van der Waals surface area contributed by atoms with E-state index in [2.05, 4.69) is 19.9 Å². The fourth-order valence-electron chi connectivity index (χ4n) is 1.36. The Morgan fingerprint density at radius 3 is 2.93 bits per heavy atom. The third-order valence-electron chi connectivity index (χ3n) is 2.07. The van der Waals surface area contributed by atoms with E-state index in [-0.39, 0.29) is 6.04 Å². The monoisotopic (exact) mass is 209 g/mol. The van der Waals surface area contributed by atoms with Crippen LogP contribution in [-0.2, 0) is 7.05 Å². The Labute approximate surface area is 86.0 Å². The van der Waals surface area contributed by atoms with Gasteiger partial charge >= 0.3 is 0 Å². The molecule has 74 valence electrons. The molecule has 0 radical (unpaired) electrons. The van der Waals surface area contributed by atoms with Gasteiger partial charge in [-0.05, 0) is 18.6 Å². The summed E-state index contributed by atoms with van der Waals surface area (Å²) in [5.74, 6) is 0.971. The van der Waals surface area contributed by atoms with Crippen molar-refractivity contribution >= 4 is 11.5 Å². The molecule has 0 saturated heterocycles. The second-order valence-electron chi connectivity index (χ2n) is 2.94. The molecule has 6 heteroatoms. The maximum atomic E-state index is 4.29. The molecule has 14 heavy (non-hydrogen) atoms. The van der Waals surface area contributed by atoms with Crippen molar-refractivity contribution in [3.8, 4) is 0 Å². The highest BCUT2D eigenvalue weighted by Gasteiger charge is 2.17. The molecule has 1 unspecified atom stereocenters. The molecule has 1 atom stereocenters. The fraction of sp³-hybridized carbons (Fsp3) is 0.375. The molecule has 2 heterocycles. The van der Waals surface area contributed by atoms with Gasteiger partial charge in [-0.1, -0.05) is 4.49 Å². The molecule has 2 rings (SSSR count). The zero-order valence-corrected chi connectivity index (χ0v) is 8.82. The van der Waals surface area contributed by atoms with Crippen molar-refractivity contribution in [1.82, 2.24) is 24.5 Å². The first-order valence-corrected chi connectivity index (χ1v) is 5.02. The molecular formula is C8H11N5S. The average molecular weight is 209 g/mol. The lowest BCUT2D eigenvalue weighted by Gasteiger charge is -2.12. The Balaban J connectivity index is 2.36. The van der Waals surface area contributed by atoms with Crippen LogP contribution in [0.1, 0.15) is 16.7 Å². The number of hydrogen-bond acceptors (Lipinski definition) is 5. The van der Waals surface area contributed by atoms with Gasteiger partial charge in [0, 0.05) is 19.4 Å². The van der Waals surface area contributed by atoms with Gasteiger partial charge in [0.25, 0.3) is 0 Å². The molecule has 5 nitrogen and oxygen atoms in total. The van der Waals surface area contributed by atoms with Crippen molar-refractivity contribution in [2.24, 2.45) is 7.05 Å². The Bertz CT molecular complexity index is 394. The van der Waals surface area contributed by atoms with Crippen LogP contribution in [0.3, 0.4) is 0 Å². The van der Waals surface area contributed by atoms with E-state index in [1.807, 2.05) is 24.9 Å². The molecule has 0 saturated carbocycles. The van der Waals surface area contributed by atoms with Crippen LogP contribution in [0.25, 0.3) is 0 Å². The van der Waals surface area contributed by atoms with Crippen LogP contribution in [0.4, 0.5) is 0 Å². The summed E-state index contributed by atoms with van der Waals surface area (Å²) in [5.41, 5.74) is 0. The summed E-state index contributed by atoms with van der Waals surface area (Å²) >= 11 is 1.39. The first-order chi connectivity index (χ1) is 6.83. The van der Waals surface area contributed by atoms with Crippen molar-refractivity contribution < 1.29 is 0 Å². The molecule has 0 aliphatic carbocycles. The van der Waals surface area contributed by atoms with Gasteiger partial charge < -0.3 is 9.88 Å². The lowest BCUT2D eigenvalue weighted by Crippen LogP contribution is -2.20.